The largest absolute Gasteiger partial charge is 0.349 e. The van der Waals surface area contributed by atoms with Crippen molar-refractivity contribution in [2.24, 2.45) is 5.73 Å². The molecule has 0 bridgehead atoms. The van der Waals surface area contributed by atoms with Gasteiger partial charge in [0.2, 0.25) is 10.0 Å². The Morgan fingerprint density at radius 1 is 1.08 bits per heavy atom. The van der Waals surface area contributed by atoms with Crippen LogP contribution in [0.1, 0.15) is 54.4 Å². The van der Waals surface area contributed by atoms with Gasteiger partial charge in [-0.05, 0) is 63.1 Å². The third-order valence-electron chi connectivity index (χ3n) is 4.77. The molecule has 2 aliphatic rings. The molecule has 0 aliphatic heterocycles. The molecule has 25 heavy (non-hydrogen) atoms. The van der Waals surface area contributed by atoms with Crippen LogP contribution in [0.15, 0.2) is 23.1 Å². The van der Waals surface area contributed by atoms with Gasteiger partial charge in [0.05, 0.1) is 4.90 Å². The Kier molecular flexibility index (Phi) is 6.48. The van der Waals surface area contributed by atoms with Crippen LogP contribution < -0.4 is 15.8 Å². The summed E-state index contributed by atoms with van der Waals surface area (Å²) in [4.78, 5) is 12.7. The van der Waals surface area contributed by atoms with Gasteiger partial charge in [0.15, 0.2) is 0 Å². The number of nitrogens with two attached hydrogens (primary N) is 1. The lowest BCUT2D eigenvalue weighted by Gasteiger charge is -2.27. The van der Waals surface area contributed by atoms with Crippen molar-refractivity contribution < 1.29 is 13.2 Å². The molecule has 0 aromatic heterocycles. The number of carbonyl (C=O) groups excluding carboxylic acids is 1. The van der Waals surface area contributed by atoms with Crippen LogP contribution in [0.4, 0.5) is 0 Å². The molecule has 4 N–H and O–H groups in total. The molecule has 0 heterocycles. The van der Waals surface area contributed by atoms with E-state index in [1.54, 1.807) is 12.1 Å². The number of aryl methyl sites for hydroxylation is 1. The molecule has 1 amide bonds. The summed E-state index contributed by atoms with van der Waals surface area (Å²) in [6, 6.07) is 5.09. The maximum absolute atomic E-state index is 12.6. The van der Waals surface area contributed by atoms with Crippen molar-refractivity contribution in [1.82, 2.24) is 10.0 Å². The molecule has 1 aromatic rings. The van der Waals surface area contributed by atoms with Gasteiger partial charge in [0.25, 0.3) is 5.91 Å². The molecule has 2 fully saturated rings. The fraction of sp³-hybridized carbons (Fsp3) is 0.588. The van der Waals surface area contributed by atoms with Gasteiger partial charge in [-0.15, -0.1) is 12.4 Å². The highest BCUT2D eigenvalue weighted by Crippen LogP contribution is 2.24. The molecule has 1 aromatic carbocycles. The number of hydrogen-bond acceptors (Lipinski definition) is 4. The summed E-state index contributed by atoms with van der Waals surface area (Å²) in [5.74, 6) is -0.212. The predicted octanol–water partition coefficient (Wildman–Crippen LogP) is 1.86. The molecule has 0 unspecified atom stereocenters. The first-order valence-corrected chi connectivity index (χ1v) is 10.0. The topological polar surface area (TPSA) is 101 Å². The van der Waals surface area contributed by atoms with Crippen LogP contribution in [-0.2, 0) is 10.0 Å². The van der Waals surface area contributed by atoms with Crippen LogP contribution in [0.5, 0.6) is 0 Å². The minimum absolute atomic E-state index is 0. The number of hydrogen-bond donors (Lipinski definition) is 3. The van der Waals surface area contributed by atoms with E-state index in [0.717, 1.165) is 44.1 Å². The average molecular weight is 388 g/mol. The minimum Gasteiger partial charge on any atom is -0.349 e. The first-order chi connectivity index (χ1) is 11.3. The normalized spacial score (nSPS) is 23.6. The Hall–Kier alpha value is -1.15. The van der Waals surface area contributed by atoms with Crippen molar-refractivity contribution in [3.8, 4) is 0 Å². The van der Waals surface area contributed by atoms with E-state index in [2.05, 4.69) is 10.0 Å². The third kappa shape index (κ3) is 5.17. The Morgan fingerprint density at radius 3 is 2.28 bits per heavy atom. The number of nitrogens with one attached hydrogen (secondary N) is 2. The van der Waals surface area contributed by atoms with Gasteiger partial charge < -0.3 is 11.1 Å². The molecule has 6 nitrogen and oxygen atoms in total. The molecular weight excluding hydrogens is 362 g/mol. The monoisotopic (exact) mass is 387 g/mol. The van der Waals surface area contributed by atoms with E-state index in [-0.39, 0.29) is 41.3 Å². The smallest absolute Gasteiger partial charge is 0.251 e. The molecule has 3 rings (SSSR count). The van der Waals surface area contributed by atoms with Gasteiger partial charge in [-0.3, -0.25) is 4.79 Å². The van der Waals surface area contributed by atoms with Gasteiger partial charge >= 0.3 is 0 Å². The van der Waals surface area contributed by atoms with Gasteiger partial charge in [0, 0.05) is 23.7 Å². The Bertz CT molecular complexity index is 727. The first kappa shape index (κ1) is 20.2. The van der Waals surface area contributed by atoms with Crippen molar-refractivity contribution in [3.63, 3.8) is 0 Å². The Balaban J connectivity index is 0.00000225. The number of sulfonamides is 1. The maximum atomic E-state index is 12.6. The van der Waals surface area contributed by atoms with Crippen molar-refractivity contribution in [2.75, 3.05) is 0 Å². The molecule has 2 saturated carbocycles. The second kappa shape index (κ2) is 8.03. The molecule has 0 radical (unpaired) electrons. The van der Waals surface area contributed by atoms with Gasteiger partial charge in [-0.25, -0.2) is 13.1 Å². The minimum atomic E-state index is -3.56. The number of halogens is 1. The SMILES string of the molecule is Cc1ccc(S(=O)(=O)NC2CC2)cc1C(=O)NC1CCC(N)CC1.Cl. The van der Waals surface area contributed by atoms with Crippen LogP contribution >= 0.6 is 12.4 Å². The Labute approximate surface area is 155 Å². The van der Waals surface area contributed by atoms with Crippen LogP contribution in [0.2, 0.25) is 0 Å². The second-order valence-corrected chi connectivity index (χ2v) is 8.67. The van der Waals surface area contributed by atoms with Crippen LogP contribution in [0, 0.1) is 6.92 Å². The zero-order valence-electron chi connectivity index (χ0n) is 14.3. The molecule has 140 valence electrons. The summed E-state index contributed by atoms with van der Waals surface area (Å²) in [5, 5.41) is 3.02. The molecule has 8 heteroatoms. The summed E-state index contributed by atoms with van der Waals surface area (Å²) < 4.78 is 27.3. The number of rotatable bonds is 5. The van der Waals surface area contributed by atoms with Crippen molar-refractivity contribution in [3.05, 3.63) is 29.3 Å². The summed E-state index contributed by atoms with van der Waals surface area (Å²) in [6.45, 7) is 1.82. The highest BCUT2D eigenvalue weighted by atomic mass is 35.5. The maximum Gasteiger partial charge on any atom is 0.251 e. The van der Waals surface area contributed by atoms with Crippen molar-refractivity contribution in [2.45, 2.75) is 68.5 Å². The summed E-state index contributed by atoms with van der Waals surface area (Å²) in [6.07, 6.45) is 5.30. The zero-order chi connectivity index (χ0) is 17.3. The summed E-state index contributed by atoms with van der Waals surface area (Å²) in [5.41, 5.74) is 7.08. The Morgan fingerprint density at radius 2 is 1.68 bits per heavy atom. The number of carbonyl (C=O) groups is 1. The lowest BCUT2D eigenvalue weighted by Crippen LogP contribution is -2.40. The van der Waals surface area contributed by atoms with Gasteiger partial charge in [-0.1, -0.05) is 6.07 Å². The molecule has 0 atom stereocenters. The molecule has 0 spiro atoms. The second-order valence-electron chi connectivity index (χ2n) is 6.96. The first-order valence-electron chi connectivity index (χ1n) is 8.54. The number of amides is 1. The molecule has 2 aliphatic carbocycles. The quantitative estimate of drug-likeness (QED) is 0.717. The highest BCUT2D eigenvalue weighted by Gasteiger charge is 2.29. The summed E-state index contributed by atoms with van der Waals surface area (Å²) >= 11 is 0. The van der Waals surface area contributed by atoms with E-state index < -0.39 is 10.0 Å². The fourth-order valence-corrected chi connectivity index (χ4v) is 4.36. The van der Waals surface area contributed by atoms with Crippen LogP contribution in [0.25, 0.3) is 0 Å². The van der Waals surface area contributed by atoms with E-state index in [1.165, 1.54) is 6.07 Å². The lowest BCUT2D eigenvalue weighted by atomic mass is 9.91. The summed E-state index contributed by atoms with van der Waals surface area (Å²) in [7, 11) is -3.56. The van der Waals surface area contributed by atoms with E-state index in [9.17, 15) is 13.2 Å². The predicted molar refractivity (Wildman–Crippen MR) is 99.5 cm³/mol. The molecular formula is C17H26ClN3O3S. The van der Waals surface area contributed by atoms with Gasteiger partial charge in [0.1, 0.15) is 0 Å². The van der Waals surface area contributed by atoms with Crippen molar-refractivity contribution in [1.29, 1.82) is 0 Å². The highest BCUT2D eigenvalue weighted by molar-refractivity contribution is 7.89. The molecule has 0 saturated heterocycles. The van der Waals surface area contributed by atoms with Crippen LogP contribution in [-0.4, -0.2) is 32.5 Å². The van der Waals surface area contributed by atoms with E-state index in [1.807, 2.05) is 6.92 Å². The third-order valence-corrected chi connectivity index (χ3v) is 6.29. The number of benzene rings is 1. The average Bonchev–Trinajstić information content (AvgIpc) is 3.33. The van der Waals surface area contributed by atoms with Crippen molar-refractivity contribution >= 4 is 28.3 Å². The van der Waals surface area contributed by atoms with E-state index >= 15 is 0 Å². The zero-order valence-corrected chi connectivity index (χ0v) is 16.0. The van der Waals surface area contributed by atoms with E-state index in [0.29, 0.717) is 5.56 Å². The van der Waals surface area contributed by atoms with Gasteiger partial charge in [-0.2, -0.15) is 0 Å². The van der Waals surface area contributed by atoms with E-state index in [4.69, 9.17) is 5.73 Å². The fourth-order valence-electron chi connectivity index (χ4n) is 3.03. The lowest BCUT2D eigenvalue weighted by molar-refractivity contribution is 0.0925. The van der Waals surface area contributed by atoms with Crippen LogP contribution in [0.3, 0.4) is 0 Å². The standard InChI is InChI=1S/C17H25N3O3S.ClH/c1-11-2-9-15(24(22,23)20-14-7-8-14)10-16(11)17(21)19-13-5-3-12(18)4-6-13;/h2,9-10,12-14,20H,3-8,18H2,1H3,(H,19,21);1H.